The quantitative estimate of drug-likeness (QED) is 0.410. The van der Waals surface area contributed by atoms with Gasteiger partial charge in [0.15, 0.2) is 0 Å². The van der Waals surface area contributed by atoms with E-state index in [1.165, 1.54) is 36.7 Å². The van der Waals surface area contributed by atoms with Gasteiger partial charge in [-0.05, 0) is 42.8 Å². The van der Waals surface area contributed by atoms with Crippen LogP contribution in [-0.2, 0) is 9.73 Å². The normalized spacial score (nSPS) is 17.9. The summed E-state index contributed by atoms with van der Waals surface area (Å²) in [7, 11) is -2.69. The minimum atomic E-state index is -3.83. The Morgan fingerprint density at radius 1 is 1.35 bits per heavy atom. The molecule has 180 valence electrons. The smallest absolute Gasteiger partial charge is 0.420 e. The fourth-order valence-corrected chi connectivity index (χ4v) is 4.78. The Morgan fingerprint density at radius 2 is 2.09 bits per heavy atom. The number of hydrogen-bond donors (Lipinski definition) is 3. The summed E-state index contributed by atoms with van der Waals surface area (Å²) in [6.45, 7) is 1.01. The second-order valence-electron chi connectivity index (χ2n) is 7.85. The van der Waals surface area contributed by atoms with Crippen LogP contribution in [0.5, 0.6) is 5.75 Å². The van der Waals surface area contributed by atoms with Crippen molar-refractivity contribution in [2.45, 2.75) is 17.2 Å². The molecular weight excluding hydrogens is 490 g/mol. The van der Waals surface area contributed by atoms with E-state index in [1.807, 2.05) is 4.90 Å². The van der Waals surface area contributed by atoms with E-state index in [-0.39, 0.29) is 16.6 Å². The maximum Gasteiger partial charge on any atom is 0.487 e. The van der Waals surface area contributed by atoms with Gasteiger partial charge >= 0.3 is 5.57 Å². The van der Waals surface area contributed by atoms with Crippen LogP contribution < -0.4 is 15.0 Å². The number of carbonyl (C=O) groups excluding carboxylic acids is 1. The van der Waals surface area contributed by atoms with Crippen LogP contribution in [0.3, 0.4) is 0 Å². The van der Waals surface area contributed by atoms with Gasteiger partial charge in [-0.15, -0.1) is 8.78 Å². The molecule has 3 aromatic rings. The molecular formula is C21H21ClF2N6O3S. The van der Waals surface area contributed by atoms with Gasteiger partial charge in [-0.3, -0.25) is 14.7 Å². The van der Waals surface area contributed by atoms with Crippen molar-refractivity contribution in [2.24, 2.45) is 0 Å². The standard InChI is InChI=1S/C21H21ClF2N6O3S/c1-34(25,32)16-7-9-30(12-16)19-17(18-6-8-27-29-18)10-13(11-26-19)20(31)28-14-2-4-15(5-3-14)33-21(22,23)24/h2-6,8,10-11,16,25H,7,9,12H2,1H3,(H,27,29)(H,28,31)/t16-,34?/m0/s1. The average molecular weight is 511 g/mol. The molecule has 34 heavy (non-hydrogen) atoms. The molecule has 0 spiro atoms. The zero-order chi connectivity index (χ0) is 24.5. The van der Waals surface area contributed by atoms with Gasteiger partial charge in [-0.1, -0.05) is 0 Å². The van der Waals surface area contributed by atoms with Crippen molar-refractivity contribution in [1.82, 2.24) is 15.2 Å². The summed E-state index contributed by atoms with van der Waals surface area (Å²) >= 11 is 4.75. The predicted molar refractivity (Wildman–Crippen MR) is 125 cm³/mol. The summed E-state index contributed by atoms with van der Waals surface area (Å²) in [6.07, 6.45) is 5.06. The minimum Gasteiger partial charge on any atom is -0.420 e. The molecule has 1 unspecified atom stereocenters. The lowest BCUT2D eigenvalue weighted by molar-refractivity contribution is -0.0964. The number of nitrogens with one attached hydrogen (secondary N) is 3. The summed E-state index contributed by atoms with van der Waals surface area (Å²) < 4.78 is 49.8. The van der Waals surface area contributed by atoms with E-state index >= 15 is 0 Å². The van der Waals surface area contributed by atoms with E-state index in [0.717, 1.165) is 0 Å². The number of halogens is 3. The Morgan fingerprint density at radius 3 is 2.68 bits per heavy atom. The summed E-state index contributed by atoms with van der Waals surface area (Å²) in [5.74, 6) is -0.0215. The summed E-state index contributed by atoms with van der Waals surface area (Å²) in [5.41, 5.74) is -1.93. The van der Waals surface area contributed by atoms with Gasteiger partial charge in [0.2, 0.25) is 0 Å². The Hall–Kier alpha value is -3.25. The number of ether oxygens (including phenoxy) is 1. The number of benzene rings is 1. The topological polar surface area (TPSA) is 124 Å². The van der Waals surface area contributed by atoms with Crippen molar-refractivity contribution < 1.29 is 22.5 Å². The predicted octanol–water partition coefficient (Wildman–Crippen LogP) is 4.15. The number of amides is 1. The van der Waals surface area contributed by atoms with Crippen molar-refractivity contribution in [3.63, 3.8) is 0 Å². The van der Waals surface area contributed by atoms with Crippen LogP contribution >= 0.6 is 11.6 Å². The first-order valence-electron chi connectivity index (χ1n) is 10.1. The molecule has 1 aromatic carbocycles. The molecule has 1 saturated heterocycles. The molecule has 1 fully saturated rings. The molecule has 2 atom stereocenters. The summed E-state index contributed by atoms with van der Waals surface area (Å²) in [6, 6.07) is 8.72. The van der Waals surface area contributed by atoms with Gasteiger partial charge in [0.1, 0.15) is 11.6 Å². The largest absolute Gasteiger partial charge is 0.487 e. The second-order valence-corrected chi connectivity index (χ2v) is 10.8. The van der Waals surface area contributed by atoms with Crippen molar-refractivity contribution in [1.29, 1.82) is 4.78 Å². The third-order valence-corrected chi connectivity index (χ3v) is 7.08. The van der Waals surface area contributed by atoms with Gasteiger partial charge < -0.3 is 15.0 Å². The fraction of sp³-hybridized carbons (Fsp3) is 0.286. The molecule has 0 bridgehead atoms. The molecule has 4 rings (SSSR count). The third kappa shape index (κ3) is 5.62. The number of aromatic amines is 1. The molecule has 1 aliphatic heterocycles. The molecule has 13 heteroatoms. The van der Waals surface area contributed by atoms with Gasteiger partial charge in [-0.2, -0.15) is 5.10 Å². The molecule has 9 nitrogen and oxygen atoms in total. The Balaban J connectivity index is 1.56. The minimum absolute atomic E-state index is 0.154. The molecule has 0 radical (unpaired) electrons. The first-order valence-corrected chi connectivity index (χ1v) is 12.5. The highest BCUT2D eigenvalue weighted by Gasteiger charge is 2.31. The number of hydrogen-bond acceptors (Lipinski definition) is 7. The molecule has 1 aliphatic rings. The van der Waals surface area contributed by atoms with Crippen LogP contribution in [-0.4, -0.2) is 55.5 Å². The molecule has 3 N–H and O–H groups in total. The first-order chi connectivity index (χ1) is 16.0. The van der Waals surface area contributed by atoms with Gasteiger partial charge in [0.25, 0.3) is 5.91 Å². The highest BCUT2D eigenvalue weighted by Crippen LogP contribution is 2.32. The average Bonchev–Trinajstić information content (AvgIpc) is 3.46. The van der Waals surface area contributed by atoms with Crippen LogP contribution in [0, 0.1) is 4.78 Å². The lowest BCUT2D eigenvalue weighted by Gasteiger charge is -2.21. The van der Waals surface area contributed by atoms with Crippen molar-refractivity contribution in [2.75, 3.05) is 29.6 Å². The molecule has 3 heterocycles. The van der Waals surface area contributed by atoms with Gasteiger partial charge in [0, 0.05) is 64.3 Å². The number of rotatable bonds is 7. The lowest BCUT2D eigenvalue weighted by atomic mass is 10.1. The molecule has 1 amide bonds. The monoisotopic (exact) mass is 510 g/mol. The van der Waals surface area contributed by atoms with E-state index in [4.69, 9.17) is 16.4 Å². The van der Waals surface area contributed by atoms with Gasteiger partial charge in [0.05, 0.1) is 16.5 Å². The Kier molecular flexibility index (Phi) is 6.45. The maximum atomic E-state index is 12.8. The van der Waals surface area contributed by atoms with Crippen molar-refractivity contribution >= 4 is 38.7 Å². The van der Waals surface area contributed by atoms with E-state index in [1.54, 1.807) is 18.3 Å². The second kappa shape index (κ2) is 9.18. The van der Waals surface area contributed by atoms with Crippen LogP contribution in [0.15, 0.2) is 48.8 Å². The number of aromatic nitrogens is 3. The van der Waals surface area contributed by atoms with Crippen LogP contribution in [0.2, 0.25) is 0 Å². The SMILES string of the molecule is CS(=N)(=O)[C@H]1CCN(c2ncc(C(=O)Nc3ccc(OC(F)(F)Cl)cc3)cc2-c2ccn[nH]2)C1. The first kappa shape index (κ1) is 23.9. The lowest BCUT2D eigenvalue weighted by Crippen LogP contribution is -2.26. The van der Waals surface area contributed by atoms with E-state index < -0.39 is 21.2 Å². The van der Waals surface area contributed by atoms with E-state index in [0.29, 0.717) is 42.3 Å². The van der Waals surface area contributed by atoms with Crippen molar-refractivity contribution in [3.05, 3.63) is 54.4 Å². The summed E-state index contributed by atoms with van der Waals surface area (Å²) in [5, 5.41) is 9.26. The number of alkyl halides is 3. The number of anilines is 2. The van der Waals surface area contributed by atoms with Crippen molar-refractivity contribution in [3.8, 4) is 17.0 Å². The summed E-state index contributed by atoms with van der Waals surface area (Å²) in [4.78, 5) is 19.3. The van der Waals surface area contributed by atoms with Crippen LogP contribution in [0.1, 0.15) is 16.8 Å². The number of nitrogens with zero attached hydrogens (tertiary/aromatic N) is 3. The Bertz CT molecular complexity index is 1280. The van der Waals surface area contributed by atoms with Crippen LogP contribution in [0.4, 0.5) is 20.3 Å². The zero-order valence-corrected chi connectivity index (χ0v) is 19.5. The third-order valence-electron chi connectivity index (χ3n) is 5.35. The van der Waals surface area contributed by atoms with E-state index in [9.17, 15) is 17.8 Å². The number of pyridine rings is 1. The maximum absolute atomic E-state index is 12.8. The fourth-order valence-electron chi connectivity index (χ4n) is 3.67. The molecule has 0 saturated carbocycles. The molecule has 2 aromatic heterocycles. The molecule has 0 aliphatic carbocycles. The highest BCUT2D eigenvalue weighted by atomic mass is 35.5. The number of carbonyl (C=O) groups is 1. The zero-order valence-electron chi connectivity index (χ0n) is 17.9. The van der Waals surface area contributed by atoms with Gasteiger partial charge in [-0.25, -0.2) is 9.19 Å². The van der Waals surface area contributed by atoms with E-state index in [2.05, 4.69) is 25.2 Å². The van der Waals surface area contributed by atoms with Crippen LogP contribution in [0.25, 0.3) is 11.3 Å². The number of H-pyrrole nitrogens is 1. The highest BCUT2D eigenvalue weighted by molar-refractivity contribution is 7.92. The Labute approximate surface area is 199 Å².